The first-order valence-corrected chi connectivity index (χ1v) is 9.71. The number of benzene rings is 4. The summed E-state index contributed by atoms with van der Waals surface area (Å²) in [4.78, 5) is -0.0457. The van der Waals surface area contributed by atoms with E-state index >= 15 is 0 Å². The average molecular weight is 378 g/mol. The van der Waals surface area contributed by atoms with E-state index in [1.54, 1.807) is 30.3 Å². The molecule has 4 aromatic rings. The first kappa shape index (κ1) is 18.6. The highest BCUT2D eigenvalue weighted by molar-refractivity contribution is 7.86. The molecule has 0 saturated carbocycles. The first-order chi connectivity index (χ1) is 13.0. The van der Waals surface area contributed by atoms with Gasteiger partial charge in [-0.05, 0) is 35.7 Å². The van der Waals surface area contributed by atoms with E-state index in [2.05, 4.69) is 0 Å². The topological polar surface area (TPSA) is 63.6 Å². The normalized spacial score (nSPS) is 10.7. The van der Waals surface area contributed by atoms with Crippen molar-refractivity contribution in [3.63, 3.8) is 0 Å². The molecule has 0 radical (unpaired) electrons. The average Bonchev–Trinajstić information content (AvgIpc) is 2.69. The molecule has 0 atom stereocenters. The van der Waals surface area contributed by atoms with E-state index in [9.17, 15) is 8.42 Å². The van der Waals surface area contributed by atoms with E-state index < -0.39 is 10.1 Å². The highest BCUT2D eigenvalue weighted by atomic mass is 32.2. The fourth-order valence-corrected chi connectivity index (χ4v) is 3.25. The zero-order chi connectivity index (χ0) is 19.1. The molecule has 5 heteroatoms. The fourth-order valence-electron chi connectivity index (χ4n) is 2.53. The van der Waals surface area contributed by atoms with E-state index in [-0.39, 0.29) is 4.90 Å². The fraction of sp³-hybridized carbons (Fsp3) is 0. The summed E-state index contributed by atoms with van der Waals surface area (Å²) < 4.78 is 36.5. The number of ether oxygens (including phenoxy) is 1. The van der Waals surface area contributed by atoms with Gasteiger partial charge >= 0.3 is 0 Å². The summed E-state index contributed by atoms with van der Waals surface area (Å²) in [5.74, 6) is 1.74. The third kappa shape index (κ3) is 5.17. The largest absolute Gasteiger partial charge is 0.457 e. The Morgan fingerprint density at radius 2 is 1.07 bits per heavy atom. The van der Waals surface area contributed by atoms with Crippen LogP contribution in [0.3, 0.4) is 0 Å². The molecule has 0 saturated heterocycles. The SMILES string of the molecule is O=S(=O)(O)c1cccc2ccccc12.c1ccc(Oc2ccccc2)cc1. The molecule has 0 aliphatic rings. The van der Waals surface area contributed by atoms with Crippen LogP contribution < -0.4 is 4.74 Å². The maximum atomic E-state index is 11.0. The van der Waals surface area contributed by atoms with Crippen molar-refractivity contribution in [2.75, 3.05) is 0 Å². The first-order valence-electron chi connectivity index (χ1n) is 8.27. The molecule has 0 amide bonds. The molecular formula is C22H18O4S. The number of hydrogen-bond donors (Lipinski definition) is 1. The van der Waals surface area contributed by atoms with Crippen molar-refractivity contribution in [2.24, 2.45) is 0 Å². The molecule has 4 nitrogen and oxygen atoms in total. The highest BCUT2D eigenvalue weighted by Gasteiger charge is 2.12. The lowest BCUT2D eigenvalue weighted by Gasteiger charge is -2.03. The lowest BCUT2D eigenvalue weighted by molar-refractivity contribution is 0.482. The zero-order valence-corrected chi connectivity index (χ0v) is 15.2. The Morgan fingerprint density at radius 1 is 0.593 bits per heavy atom. The van der Waals surface area contributed by atoms with Crippen molar-refractivity contribution in [1.82, 2.24) is 0 Å². The van der Waals surface area contributed by atoms with Gasteiger partial charge in [0.25, 0.3) is 10.1 Å². The minimum atomic E-state index is -4.13. The third-order valence-electron chi connectivity index (χ3n) is 3.75. The van der Waals surface area contributed by atoms with E-state index in [1.165, 1.54) is 6.07 Å². The zero-order valence-electron chi connectivity index (χ0n) is 14.4. The van der Waals surface area contributed by atoms with Gasteiger partial charge in [-0.25, -0.2) is 0 Å². The third-order valence-corrected chi connectivity index (χ3v) is 4.66. The molecule has 1 N–H and O–H groups in total. The lowest BCUT2D eigenvalue weighted by Crippen LogP contribution is -1.98. The monoisotopic (exact) mass is 378 g/mol. The van der Waals surface area contributed by atoms with Crippen LogP contribution in [-0.2, 0) is 10.1 Å². The molecule has 136 valence electrons. The maximum absolute atomic E-state index is 11.0. The number of rotatable bonds is 3. The van der Waals surface area contributed by atoms with Gasteiger partial charge in [0.15, 0.2) is 0 Å². The molecule has 27 heavy (non-hydrogen) atoms. The Balaban J connectivity index is 0.000000156. The second-order valence-electron chi connectivity index (χ2n) is 5.68. The van der Waals surface area contributed by atoms with Gasteiger partial charge in [-0.3, -0.25) is 4.55 Å². The van der Waals surface area contributed by atoms with Gasteiger partial charge in [0.2, 0.25) is 0 Å². The molecule has 0 heterocycles. The minimum Gasteiger partial charge on any atom is -0.457 e. The van der Waals surface area contributed by atoms with Crippen molar-refractivity contribution in [3.8, 4) is 11.5 Å². The van der Waals surface area contributed by atoms with Crippen molar-refractivity contribution in [2.45, 2.75) is 4.90 Å². The molecule has 0 aromatic heterocycles. The van der Waals surface area contributed by atoms with Crippen LogP contribution in [0, 0.1) is 0 Å². The van der Waals surface area contributed by atoms with Gasteiger partial charge in [0, 0.05) is 5.39 Å². The van der Waals surface area contributed by atoms with Gasteiger partial charge in [-0.2, -0.15) is 8.42 Å². The molecule has 4 aromatic carbocycles. The molecule has 4 rings (SSSR count). The molecular weight excluding hydrogens is 360 g/mol. The summed E-state index contributed by atoms with van der Waals surface area (Å²) in [6, 6.07) is 31.3. The summed E-state index contributed by atoms with van der Waals surface area (Å²) in [5.41, 5.74) is 0. The van der Waals surface area contributed by atoms with Gasteiger partial charge in [0.05, 0.1) is 0 Å². The van der Waals surface area contributed by atoms with Crippen LogP contribution in [0.4, 0.5) is 0 Å². The van der Waals surface area contributed by atoms with Crippen molar-refractivity contribution in [3.05, 3.63) is 103 Å². The summed E-state index contributed by atoms with van der Waals surface area (Å²) in [5, 5.41) is 1.33. The number of fused-ring (bicyclic) bond motifs is 1. The molecule has 0 spiro atoms. The molecule has 0 aliphatic carbocycles. The van der Waals surface area contributed by atoms with E-state index in [0.29, 0.717) is 5.39 Å². The Morgan fingerprint density at radius 3 is 1.63 bits per heavy atom. The van der Waals surface area contributed by atoms with Gasteiger partial charge < -0.3 is 4.74 Å². The second kappa shape index (κ2) is 8.49. The van der Waals surface area contributed by atoms with E-state index in [1.807, 2.05) is 66.7 Å². The van der Waals surface area contributed by atoms with Gasteiger partial charge in [0.1, 0.15) is 16.4 Å². The predicted molar refractivity (Wildman–Crippen MR) is 107 cm³/mol. The standard InChI is InChI=1S/C12H10O.C10H8O3S/c1-3-7-11(8-4-1)13-12-9-5-2-6-10-12;11-14(12,13)10-7-3-5-8-4-1-2-6-9(8)10/h1-10H;1-7H,(H,11,12,13). The van der Waals surface area contributed by atoms with Crippen molar-refractivity contribution < 1.29 is 17.7 Å². The van der Waals surface area contributed by atoms with Crippen LogP contribution in [0.5, 0.6) is 11.5 Å². The summed E-state index contributed by atoms with van der Waals surface area (Å²) in [7, 11) is -4.13. The van der Waals surface area contributed by atoms with Gasteiger partial charge in [-0.1, -0.05) is 72.8 Å². The van der Waals surface area contributed by atoms with Crippen LogP contribution in [0.1, 0.15) is 0 Å². The second-order valence-corrected chi connectivity index (χ2v) is 7.07. The van der Waals surface area contributed by atoms with Crippen molar-refractivity contribution in [1.29, 1.82) is 0 Å². The molecule has 0 aliphatic heterocycles. The molecule has 0 fully saturated rings. The maximum Gasteiger partial charge on any atom is 0.295 e. The highest BCUT2D eigenvalue weighted by Crippen LogP contribution is 2.22. The quantitative estimate of drug-likeness (QED) is 0.474. The Hall–Kier alpha value is -3.15. The predicted octanol–water partition coefficient (Wildman–Crippen LogP) is 5.57. The minimum absolute atomic E-state index is 0.0457. The van der Waals surface area contributed by atoms with Crippen LogP contribution in [0.2, 0.25) is 0 Å². The lowest BCUT2D eigenvalue weighted by atomic mass is 10.1. The van der Waals surface area contributed by atoms with Crippen LogP contribution >= 0.6 is 0 Å². The Labute approximate surface area is 158 Å². The van der Waals surface area contributed by atoms with Crippen LogP contribution in [0.25, 0.3) is 10.8 Å². The Kier molecular flexibility index (Phi) is 5.86. The summed E-state index contributed by atoms with van der Waals surface area (Å²) in [6.07, 6.45) is 0. The van der Waals surface area contributed by atoms with E-state index in [0.717, 1.165) is 16.9 Å². The summed E-state index contributed by atoms with van der Waals surface area (Å²) >= 11 is 0. The number of hydrogen-bond acceptors (Lipinski definition) is 3. The number of para-hydroxylation sites is 2. The summed E-state index contributed by atoms with van der Waals surface area (Å²) in [6.45, 7) is 0. The molecule has 0 unspecified atom stereocenters. The molecule has 0 bridgehead atoms. The Bertz CT molecular complexity index is 1070. The van der Waals surface area contributed by atoms with E-state index in [4.69, 9.17) is 9.29 Å². The van der Waals surface area contributed by atoms with Crippen molar-refractivity contribution >= 4 is 20.9 Å². The van der Waals surface area contributed by atoms with Crippen LogP contribution in [-0.4, -0.2) is 13.0 Å². The smallest absolute Gasteiger partial charge is 0.295 e. The van der Waals surface area contributed by atoms with Crippen LogP contribution in [0.15, 0.2) is 108 Å². The van der Waals surface area contributed by atoms with Gasteiger partial charge in [-0.15, -0.1) is 0 Å².